The van der Waals surface area contributed by atoms with E-state index in [9.17, 15) is 10.2 Å². The van der Waals surface area contributed by atoms with Crippen molar-refractivity contribution in [1.82, 2.24) is 9.97 Å². The summed E-state index contributed by atoms with van der Waals surface area (Å²) in [5, 5.41) is 20.9. The van der Waals surface area contributed by atoms with Crippen LogP contribution in [0.2, 0.25) is 0 Å². The molecule has 2 aromatic rings. The van der Waals surface area contributed by atoms with Crippen molar-refractivity contribution in [1.29, 1.82) is 0 Å². The Morgan fingerprint density at radius 1 is 0.667 bits per heavy atom. The molecule has 0 bridgehead atoms. The molecule has 0 saturated carbocycles. The van der Waals surface area contributed by atoms with Gasteiger partial charge in [-0.25, -0.2) is 9.97 Å². The summed E-state index contributed by atoms with van der Waals surface area (Å²) in [4.78, 5) is 9.16. The van der Waals surface area contributed by atoms with E-state index in [-0.39, 0.29) is 10.8 Å². The summed E-state index contributed by atoms with van der Waals surface area (Å²) < 4.78 is 0. The van der Waals surface area contributed by atoms with Crippen molar-refractivity contribution >= 4 is 0 Å². The smallest absolute Gasteiger partial charge is 0.101 e. The van der Waals surface area contributed by atoms with Crippen molar-refractivity contribution < 1.29 is 10.2 Å². The van der Waals surface area contributed by atoms with E-state index in [1.54, 1.807) is 0 Å². The van der Waals surface area contributed by atoms with Gasteiger partial charge in [0.2, 0.25) is 0 Å². The topological polar surface area (TPSA) is 66.2 Å². The van der Waals surface area contributed by atoms with E-state index < -0.39 is 12.2 Å². The molecule has 0 aliphatic heterocycles. The first kappa shape index (κ1) is 18.6. The molecule has 130 valence electrons. The quantitative estimate of drug-likeness (QED) is 0.881. The van der Waals surface area contributed by atoms with Gasteiger partial charge in [-0.05, 0) is 35.1 Å². The molecule has 0 radical (unpaired) electrons. The number of aliphatic hydroxyl groups excluding tert-OH is 2. The summed E-state index contributed by atoms with van der Waals surface area (Å²) in [6, 6.07) is 11.1. The second-order valence-electron chi connectivity index (χ2n) is 8.43. The van der Waals surface area contributed by atoms with E-state index in [0.717, 1.165) is 0 Å². The van der Waals surface area contributed by atoms with Crippen LogP contribution in [-0.2, 0) is 0 Å². The lowest BCUT2D eigenvalue weighted by Crippen LogP contribution is -2.19. The minimum atomic E-state index is -0.652. The van der Waals surface area contributed by atoms with Crippen molar-refractivity contribution in [3.8, 4) is 11.4 Å². The SMILES string of the molecule is CC(C)(C)[C@H](O)c1cccc(-c2cccc([C@@H](O)C(C)(C)C)n2)n1. The van der Waals surface area contributed by atoms with Gasteiger partial charge in [0, 0.05) is 0 Å². The molecule has 0 fully saturated rings. The fraction of sp³-hybridized carbons (Fsp3) is 0.500. The van der Waals surface area contributed by atoms with Gasteiger partial charge in [0.05, 0.1) is 22.8 Å². The first-order valence-corrected chi connectivity index (χ1v) is 8.30. The normalized spacial score (nSPS) is 15.2. The molecule has 0 aliphatic rings. The molecule has 2 aromatic heterocycles. The number of pyridine rings is 2. The third-order valence-electron chi connectivity index (χ3n) is 4.00. The molecule has 0 spiro atoms. The fourth-order valence-corrected chi connectivity index (χ4v) is 2.38. The molecule has 0 aromatic carbocycles. The fourth-order valence-electron chi connectivity index (χ4n) is 2.38. The van der Waals surface area contributed by atoms with Crippen molar-refractivity contribution in [2.24, 2.45) is 10.8 Å². The maximum Gasteiger partial charge on any atom is 0.101 e. The number of aromatic nitrogens is 2. The number of nitrogens with zero attached hydrogens (tertiary/aromatic N) is 2. The predicted molar refractivity (Wildman–Crippen MR) is 96.3 cm³/mol. The third-order valence-corrected chi connectivity index (χ3v) is 4.00. The summed E-state index contributed by atoms with van der Waals surface area (Å²) in [6.07, 6.45) is -1.30. The monoisotopic (exact) mass is 328 g/mol. The molecular formula is C20H28N2O2. The minimum Gasteiger partial charge on any atom is -0.386 e. The Labute approximate surface area is 144 Å². The third kappa shape index (κ3) is 4.19. The number of hydrogen-bond donors (Lipinski definition) is 2. The number of hydrogen-bond acceptors (Lipinski definition) is 4. The van der Waals surface area contributed by atoms with Crippen molar-refractivity contribution in [2.45, 2.75) is 53.8 Å². The van der Waals surface area contributed by atoms with E-state index in [0.29, 0.717) is 22.8 Å². The molecule has 4 heteroatoms. The van der Waals surface area contributed by atoms with Crippen LogP contribution in [0.1, 0.15) is 65.1 Å². The highest BCUT2D eigenvalue weighted by Gasteiger charge is 2.26. The summed E-state index contributed by atoms with van der Waals surface area (Å²) in [5.41, 5.74) is 2.07. The van der Waals surface area contributed by atoms with Gasteiger partial charge in [-0.2, -0.15) is 0 Å². The molecule has 2 N–H and O–H groups in total. The number of aliphatic hydroxyl groups is 2. The van der Waals surface area contributed by atoms with Gasteiger partial charge in [0.15, 0.2) is 0 Å². The van der Waals surface area contributed by atoms with Crippen LogP contribution in [-0.4, -0.2) is 20.2 Å². The van der Waals surface area contributed by atoms with E-state index in [1.165, 1.54) is 0 Å². The Balaban J connectivity index is 2.40. The molecule has 0 unspecified atom stereocenters. The first-order chi connectivity index (χ1) is 11.0. The van der Waals surface area contributed by atoms with Crippen molar-refractivity contribution in [3.05, 3.63) is 47.8 Å². The van der Waals surface area contributed by atoms with Gasteiger partial charge in [0.1, 0.15) is 12.2 Å². The molecule has 0 aliphatic carbocycles. The zero-order valence-corrected chi connectivity index (χ0v) is 15.4. The first-order valence-electron chi connectivity index (χ1n) is 8.30. The van der Waals surface area contributed by atoms with Crippen LogP contribution in [0.15, 0.2) is 36.4 Å². The second-order valence-corrected chi connectivity index (χ2v) is 8.43. The zero-order valence-electron chi connectivity index (χ0n) is 15.4. The molecule has 2 rings (SSSR count). The van der Waals surface area contributed by atoms with Crippen LogP contribution in [0.3, 0.4) is 0 Å². The Morgan fingerprint density at radius 3 is 1.29 bits per heavy atom. The van der Waals surface area contributed by atoms with Gasteiger partial charge in [-0.1, -0.05) is 53.7 Å². The largest absolute Gasteiger partial charge is 0.386 e. The van der Waals surface area contributed by atoms with E-state index >= 15 is 0 Å². The van der Waals surface area contributed by atoms with E-state index in [4.69, 9.17) is 0 Å². The van der Waals surface area contributed by atoms with Crippen LogP contribution in [0.4, 0.5) is 0 Å². The Hall–Kier alpha value is -1.78. The average molecular weight is 328 g/mol. The molecule has 2 heterocycles. The molecular weight excluding hydrogens is 300 g/mol. The zero-order chi connectivity index (χ0) is 18.1. The number of rotatable bonds is 3. The second kappa shape index (κ2) is 6.61. The van der Waals surface area contributed by atoms with Crippen LogP contribution < -0.4 is 0 Å². The van der Waals surface area contributed by atoms with Crippen LogP contribution in [0.5, 0.6) is 0 Å². The highest BCUT2D eigenvalue weighted by atomic mass is 16.3. The lowest BCUT2D eigenvalue weighted by atomic mass is 9.86. The summed E-state index contributed by atoms with van der Waals surface area (Å²) in [6.45, 7) is 11.9. The molecule has 0 saturated heterocycles. The van der Waals surface area contributed by atoms with E-state index in [2.05, 4.69) is 9.97 Å². The Morgan fingerprint density at radius 2 is 1.00 bits per heavy atom. The van der Waals surface area contributed by atoms with Gasteiger partial charge in [-0.3, -0.25) is 0 Å². The Bertz CT molecular complexity index is 638. The summed E-state index contributed by atoms with van der Waals surface area (Å²) >= 11 is 0. The van der Waals surface area contributed by atoms with Gasteiger partial charge in [0.25, 0.3) is 0 Å². The van der Waals surface area contributed by atoms with Crippen LogP contribution in [0, 0.1) is 10.8 Å². The van der Waals surface area contributed by atoms with Gasteiger partial charge in [-0.15, -0.1) is 0 Å². The molecule has 2 atom stereocenters. The lowest BCUT2D eigenvalue weighted by Gasteiger charge is -2.26. The standard InChI is InChI=1S/C20H28N2O2/c1-19(2,3)17(23)15-11-7-9-13(21-15)14-10-8-12-16(22-14)18(24)20(4,5)6/h7-12,17-18,23-24H,1-6H3/t17-,18-/m1/s1. The van der Waals surface area contributed by atoms with Crippen LogP contribution in [0.25, 0.3) is 11.4 Å². The molecule has 4 nitrogen and oxygen atoms in total. The van der Waals surface area contributed by atoms with E-state index in [1.807, 2.05) is 77.9 Å². The minimum absolute atomic E-state index is 0.288. The van der Waals surface area contributed by atoms with Crippen LogP contribution >= 0.6 is 0 Å². The Kier molecular flexibility index (Phi) is 5.11. The van der Waals surface area contributed by atoms with Gasteiger partial charge >= 0.3 is 0 Å². The lowest BCUT2D eigenvalue weighted by molar-refractivity contribution is 0.0587. The average Bonchev–Trinajstić information content (AvgIpc) is 2.52. The maximum atomic E-state index is 10.5. The maximum absolute atomic E-state index is 10.5. The highest BCUT2D eigenvalue weighted by Crippen LogP contribution is 2.34. The summed E-state index contributed by atoms with van der Waals surface area (Å²) in [5.74, 6) is 0. The highest BCUT2D eigenvalue weighted by molar-refractivity contribution is 5.54. The predicted octanol–water partition coefficient (Wildman–Crippen LogP) is 4.30. The molecule has 24 heavy (non-hydrogen) atoms. The summed E-state index contributed by atoms with van der Waals surface area (Å²) in [7, 11) is 0. The van der Waals surface area contributed by atoms with Gasteiger partial charge < -0.3 is 10.2 Å². The molecule has 0 amide bonds. The van der Waals surface area contributed by atoms with Crippen molar-refractivity contribution in [2.75, 3.05) is 0 Å². The van der Waals surface area contributed by atoms with Crippen molar-refractivity contribution in [3.63, 3.8) is 0 Å².